The van der Waals surface area contributed by atoms with Crippen LogP contribution in [-0.2, 0) is 13.0 Å². The van der Waals surface area contributed by atoms with Gasteiger partial charge in [0, 0.05) is 6.04 Å². The number of halogens is 1. The minimum atomic E-state index is 0.331. The molecule has 0 amide bonds. The van der Waals surface area contributed by atoms with Crippen LogP contribution >= 0.6 is 11.6 Å². The van der Waals surface area contributed by atoms with Gasteiger partial charge < -0.3 is 9.52 Å². The third kappa shape index (κ3) is 4.05. The summed E-state index contributed by atoms with van der Waals surface area (Å²) >= 11 is 5.86. The molecule has 0 saturated carbocycles. The number of furan rings is 1. The van der Waals surface area contributed by atoms with Crippen LogP contribution in [-0.4, -0.2) is 22.6 Å². The fraction of sp³-hybridized carbons (Fsp3) is 0.444. The van der Waals surface area contributed by atoms with Gasteiger partial charge in [-0.25, -0.2) is 0 Å². The molecule has 118 valence electrons. The van der Waals surface area contributed by atoms with E-state index in [0.29, 0.717) is 17.0 Å². The number of hydrogen-bond acceptors (Lipinski definition) is 3. The molecule has 1 aliphatic rings. The molecule has 1 saturated heterocycles. The molecule has 22 heavy (non-hydrogen) atoms. The van der Waals surface area contributed by atoms with E-state index in [4.69, 9.17) is 16.0 Å². The third-order valence-corrected chi connectivity index (χ3v) is 4.64. The lowest BCUT2D eigenvalue weighted by atomic mass is 9.95. The molecule has 3 rings (SSSR count). The summed E-state index contributed by atoms with van der Waals surface area (Å²) in [5.41, 5.74) is 1.28. The van der Waals surface area contributed by atoms with Crippen LogP contribution in [0.1, 0.15) is 37.0 Å². The van der Waals surface area contributed by atoms with Crippen molar-refractivity contribution in [2.45, 2.75) is 44.7 Å². The second-order valence-electron chi connectivity index (χ2n) is 6.03. The first-order valence-corrected chi connectivity index (χ1v) is 8.35. The highest BCUT2D eigenvalue weighted by molar-refractivity contribution is 6.28. The van der Waals surface area contributed by atoms with Gasteiger partial charge in [0.1, 0.15) is 11.5 Å². The number of rotatable bonds is 5. The largest absolute Gasteiger partial charge is 0.508 e. The number of likely N-dealkylation sites (tertiary alicyclic amines) is 1. The quantitative estimate of drug-likeness (QED) is 0.873. The average molecular weight is 320 g/mol. The summed E-state index contributed by atoms with van der Waals surface area (Å²) in [6.07, 6.45) is 5.98. The van der Waals surface area contributed by atoms with E-state index >= 15 is 0 Å². The van der Waals surface area contributed by atoms with Crippen molar-refractivity contribution in [3.8, 4) is 5.75 Å². The van der Waals surface area contributed by atoms with E-state index < -0.39 is 0 Å². The SMILES string of the molecule is Oc1ccc(CCC2CCCCN2Cc2ccc(Cl)o2)cc1. The smallest absolute Gasteiger partial charge is 0.193 e. The van der Waals surface area contributed by atoms with Crippen LogP contribution < -0.4 is 0 Å². The number of phenolic OH excluding ortho intramolecular Hbond substituents is 1. The molecular formula is C18H22ClNO2. The number of piperidine rings is 1. The van der Waals surface area contributed by atoms with Crippen LogP contribution in [0.25, 0.3) is 0 Å². The zero-order valence-corrected chi connectivity index (χ0v) is 13.4. The van der Waals surface area contributed by atoms with Crippen molar-refractivity contribution in [2.24, 2.45) is 0 Å². The highest BCUT2D eigenvalue weighted by Crippen LogP contribution is 2.25. The Kier molecular flexibility index (Phi) is 5.06. The molecule has 0 radical (unpaired) electrons. The normalized spacial score (nSPS) is 19.4. The number of aromatic hydroxyl groups is 1. The Hall–Kier alpha value is -1.45. The molecule has 0 aliphatic carbocycles. The van der Waals surface area contributed by atoms with Crippen molar-refractivity contribution < 1.29 is 9.52 Å². The van der Waals surface area contributed by atoms with Crippen molar-refractivity contribution >= 4 is 11.6 Å². The van der Waals surface area contributed by atoms with Crippen molar-refractivity contribution in [1.29, 1.82) is 0 Å². The maximum atomic E-state index is 9.35. The van der Waals surface area contributed by atoms with E-state index in [9.17, 15) is 5.11 Å². The van der Waals surface area contributed by atoms with Gasteiger partial charge in [-0.1, -0.05) is 18.6 Å². The monoisotopic (exact) mass is 319 g/mol. The Balaban J connectivity index is 1.58. The van der Waals surface area contributed by atoms with Crippen molar-refractivity contribution in [2.75, 3.05) is 6.54 Å². The Morgan fingerprint density at radius 1 is 1.14 bits per heavy atom. The zero-order chi connectivity index (χ0) is 15.4. The van der Waals surface area contributed by atoms with Crippen LogP contribution in [0.3, 0.4) is 0 Å². The van der Waals surface area contributed by atoms with Crippen LogP contribution in [0.15, 0.2) is 40.8 Å². The average Bonchev–Trinajstić information content (AvgIpc) is 2.93. The van der Waals surface area contributed by atoms with E-state index in [0.717, 1.165) is 31.7 Å². The number of phenols is 1. The Morgan fingerprint density at radius 3 is 2.68 bits per heavy atom. The van der Waals surface area contributed by atoms with Gasteiger partial charge in [0.25, 0.3) is 0 Å². The van der Waals surface area contributed by atoms with Crippen LogP contribution in [0.4, 0.5) is 0 Å². The summed E-state index contributed by atoms with van der Waals surface area (Å²) in [6.45, 7) is 1.96. The van der Waals surface area contributed by atoms with Gasteiger partial charge in [-0.05, 0) is 73.7 Å². The molecule has 2 heterocycles. The maximum absolute atomic E-state index is 9.35. The van der Waals surface area contributed by atoms with Gasteiger partial charge in [-0.15, -0.1) is 0 Å². The lowest BCUT2D eigenvalue weighted by Gasteiger charge is -2.35. The van der Waals surface area contributed by atoms with E-state index in [-0.39, 0.29) is 0 Å². The third-order valence-electron chi connectivity index (χ3n) is 4.44. The van der Waals surface area contributed by atoms with Gasteiger partial charge in [-0.2, -0.15) is 0 Å². The number of hydrogen-bond donors (Lipinski definition) is 1. The Morgan fingerprint density at radius 2 is 1.95 bits per heavy atom. The molecule has 1 aromatic heterocycles. The summed E-state index contributed by atoms with van der Waals surface area (Å²) in [4.78, 5) is 2.51. The molecule has 1 fully saturated rings. The first kappa shape index (κ1) is 15.4. The molecule has 1 atom stereocenters. The van der Waals surface area contributed by atoms with Crippen molar-refractivity contribution in [3.05, 3.63) is 52.9 Å². The van der Waals surface area contributed by atoms with E-state index in [1.165, 1.54) is 24.8 Å². The van der Waals surface area contributed by atoms with Gasteiger partial charge in [0.05, 0.1) is 6.54 Å². The lowest BCUT2D eigenvalue weighted by Crippen LogP contribution is -2.39. The summed E-state index contributed by atoms with van der Waals surface area (Å²) in [5, 5.41) is 9.82. The molecule has 3 nitrogen and oxygen atoms in total. The Bertz CT molecular complexity index is 593. The fourth-order valence-corrected chi connectivity index (χ4v) is 3.39. The minimum Gasteiger partial charge on any atom is -0.508 e. The van der Waals surface area contributed by atoms with Crippen molar-refractivity contribution in [3.63, 3.8) is 0 Å². The number of nitrogens with zero attached hydrogens (tertiary/aromatic N) is 1. The minimum absolute atomic E-state index is 0.331. The van der Waals surface area contributed by atoms with Gasteiger partial charge in [-0.3, -0.25) is 4.90 Å². The fourth-order valence-electron chi connectivity index (χ4n) is 3.23. The predicted molar refractivity (Wildman–Crippen MR) is 88.2 cm³/mol. The summed E-state index contributed by atoms with van der Waals surface area (Å²) in [6, 6.07) is 11.9. The second kappa shape index (κ2) is 7.21. The van der Waals surface area contributed by atoms with Crippen LogP contribution in [0.2, 0.25) is 5.22 Å². The first-order chi connectivity index (χ1) is 10.7. The summed E-state index contributed by atoms with van der Waals surface area (Å²) < 4.78 is 5.51. The molecule has 1 unspecified atom stereocenters. The highest BCUT2D eigenvalue weighted by Gasteiger charge is 2.23. The topological polar surface area (TPSA) is 36.6 Å². The zero-order valence-electron chi connectivity index (χ0n) is 12.7. The first-order valence-electron chi connectivity index (χ1n) is 7.97. The molecular weight excluding hydrogens is 298 g/mol. The van der Waals surface area contributed by atoms with Gasteiger partial charge >= 0.3 is 0 Å². The number of benzene rings is 1. The Labute approximate surface area is 136 Å². The van der Waals surface area contributed by atoms with Crippen molar-refractivity contribution in [1.82, 2.24) is 4.90 Å². The molecule has 1 aliphatic heterocycles. The van der Waals surface area contributed by atoms with E-state index in [1.807, 2.05) is 24.3 Å². The van der Waals surface area contributed by atoms with Crippen LogP contribution in [0, 0.1) is 0 Å². The standard InChI is InChI=1S/C18H22ClNO2/c19-18-11-10-17(22-18)13-20-12-2-1-3-15(20)7-4-14-5-8-16(21)9-6-14/h5-6,8-11,15,21H,1-4,7,12-13H2. The predicted octanol–water partition coefficient (Wildman–Crippen LogP) is 4.63. The van der Waals surface area contributed by atoms with E-state index in [2.05, 4.69) is 4.90 Å². The van der Waals surface area contributed by atoms with Crippen LogP contribution in [0.5, 0.6) is 5.75 Å². The second-order valence-corrected chi connectivity index (χ2v) is 6.40. The molecule has 1 N–H and O–H groups in total. The molecule has 0 spiro atoms. The number of aryl methyl sites for hydroxylation is 1. The van der Waals surface area contributed by atoms with Gasteiger partial charge in [0.15, 0.2) is 5.22 Å². The lowest BCUT2D eigenvalue weighted by molar-refractivity contribution is 0.123. The molecule has 2 aromatic rings. The maximum Gasteiger partial charge on any atom is 0.193 e. The molecule has 0 bridgehead atoms. The summed E-state index contributed by atoms with van der Waals surface area (Å²) in [7, 11) is 0. The van der Waals surface area contributed by atoms with Gasteiger partial charge in [0.2, 0.25) is 0 Å². The van der Waals surface area contributed by atoms with E-state index in [1.54, 1.807) is 12.1 Å². The highest BCUT2D eigenvalue weighted by atomic mass is 35.5. The molecule has 1 aromatic carbocycles. The molecule has 4 heteroatoms. The summed E-state index contributed by atoms with van der Waals surface area (Å²) in [5.74, 6) is 1.28.